The number of imidazole rings is 1. The molecule has 0 aliphatic heterocycles. The summed E-state index contributed by atoms with van der Waals surface area (Å²) in [4.78, 5) is 7.69. The number of anilines is 3. The molecule has 0 amide bonds. The molecule has 90 valence electrons. The van der Waals surface area contributed by atoms with E-state index in [4.69, 9.17) is 17.2 Å². The van der Waals surface area contributed by atoms with Crippen molar-refractivity contribution in [1.29, 1.82) is 0 Å². The molecule has 0 atom stereocenters. The van der Waals surface area contributed by atoms with Gasteiger partial charge in [-0.1, -0.05) is 0 Å². The fourth-order valence-electron chi connectivity index (χ4n) is 1.98. The third-order valence-corrected chi connectivity index (χ3v) is 2.76. The van der Waals surface area contributed by atoms with Crippen LogP contribution in [0.1, 0.15) is 0 Å². The van der Waals surface area contributed by atoms with E-state index in [1.54, 1.807) is 6.07 Å². The lowest BCUT2D eigenvalue weighted by Gasteiger charge is -2.01. The topological polar surface area (TPSA) is 107 Å². The van der Waals surface area contributed by atoms with Crippen LogP contribution in [0.15, 0.2) is 36.4 Å². The Morgan fingerprint density at radius 1 is 0.833 bits per heavy atom. The summed E-state index contributed by atoms with van der Waals surface area (Å²) in [5, 5.41) is 0. The van der Waals surface area contributed by atoms with Gasteiger partial charge < -0.3 is 22.2 Å². The summed E-state index contributed by atoms with van der Waals surface area (Å²) in [6.07, 6.45) is 0. The Bertz CT molecular complexity index is 709. The minimum atomic E-state index is 0.616. The van der Waals surface area contributed by atoms with Crippen LogP contribution in [0.2, 0.25) is 0 Å². The van der Waals surface area contributed by atoms with Crippen LogP contribution in [0, 0.1) is 0 Å². The molecule has 0 fully saturated rings. The highest BCUT2D eigenvalue weighted by atomic mass is 14.9. The number of nitrogens with zero attached hydrogens (tertiary/aromatic N) is 1. The molecule has 3 aromatic rings. The number of hydrogen-bond donors (Lipinski definition) is 4. The van der Waals surface area contributed by atoms with Crippen molar-refractivity contribution >= 4 is 28.1 Å². The van der Waals surface area contributed by atoms with E-state index in [2.05, 4.69) is 9.97 Å². The summed E-state index contributed by atoms with van der Waals surface area (Å²) in [5.74, 6) is 0.731. The molecule has 5 heteroatoms. The van der Waals surface area contributed by atoms with Gasteiger partial charge in [-0.25, -0.2) is 4.98 Å². The molecule has 7 N–H and O–H groups in total. The van der Waals surface area contributed by atoms with Crippen molar-refractivity contribution in [3.05, 3.63) is 36.4 Å². The number of nitrogens with two attached hydrogens (primary N) is 3. The zero-order valence-corrected chi connectivity index (χ0v) is 9.64. The van der Waals surface area contributed by atoms with Crippen LogP contribution in [-0.2, 0) is 0 Å². The van der Waals surface area contributed by atoms with Crippen LogP contribution in [0.25, 0.3) is 22.4 Å². The number of rotatable bonds is 1. The maximum absolute atomic E-state index is 5.77. The Hall–Kier alpha value is -2.69. The van der Waals surface area contributed by atoms with Gasteiger partial charge in [0.15, 0.2) is 0 Å². The van der Waals surface area contributed by atoms with Crippen molar-refractivity contribution in [3.8, 4) is 11.4 Å². The number of aromatic amines is 1. The molecule has 18 heavy (non-hydrogen) atoms. The Labute approximate surface area is 104 Å². The fraction of sp³-hybridized carbons (Fsp3) is 0. The van der Waals surface area contributed by atoms with Crippen LogP contribution in [-0.4, -0.2) is 9.97 Å². The number of H-pyrrole nitrogens is 1. The Morgan fingerprint density at radius 2 is 1.56 bits per heavy atom. The summed E-state index contributed by atoms with van der Waals surface area (Å²) < 4.78 is 0. The Balaban J connectivity index is 2.19. The fourth-order valence-corrected chi connectivity index (χ4v) is 1.98. The highest BCUT2D eigenvalue weighted by Crippen LogP contribution is 2.25. The van der Waals surface area contributed by atoms with Gasteiger partial charge in [0.25, 0.3) is 0 Å². The van der Waals surface area contributed by atoms with Gasteiger partial charge in [0.2, 0.25) is 0 Å². The number of benzene rings is 2. The van der Waals surface area contributed by atoms with Gasteiger partial charge >= 0.3 is 0 Å². The second-order valence-corrected chi connectivity index (χ2v) is 4.25. The second-order valence-electron chi connectivity index (χ2n) is 4.25. The Morgan fingerprint density at radius 3 is 2.28 bits per heavy atom. The van der Waals surface area contributed by atoms with Crippen LogP contribution in [0.4, 0.5) is 17.1 Å². The molecule has 1 aromatic heterocycles. The minimum absolute atomic E-state index is 0.616. The van der Waals surface area contributed by atoms with E-state index in [1.807, 2.05) is 30.3 Å². The van der Waals surface area contributed by atoms with E-state index >= 15 is 0 Å². The second kappa shape index (κ2) is 3.66. The van der Waals surface area contributed by atoms with Crippen molar-refractivity contribution in [3.63, 3.8) is 0 Å². The smallest absolute Gasteiger partial charge is 0.138 e. The highest BCUT2D eigenvalue weighted by Gasteiger charge is 2.06. The van der Waals surface area contributed by atoms with Gasteiger partial charge in [0, 0.05) is 22.6 Å². The maximum Gasteiger partial charge on any atom is 0.138 e. The molecule has 0 aliphatic rings. The summed E-state index contributed by atoms with van der Waals surface area (Å²) >= 11 is 0. The third kappa shape index (κ3) is 1.71. The average molecular weight is 239 g/mol. The van der Waals surface area contributed by atoms with E-state index in [-0.39, 0.29) is 0 Å². The minimum Gasteiger partial charge on any atom is -0.399 e. The molecule has 3 rings (SSSR count). The first-order valence-electron chi connectivity index (χ1n) is 5.53. The molecule has 0 bridgehead atoms. The van der Waals surface area contributed by atoms with E-state index in [9.17, 15) is 0 Å². The zero-order valence-electron chi connectivity index (χ0n) is 9.64. The van der Waals surface area contributed by atoms with Crippen molar-refractivity contribution in [2.75, 3.05) is 17.2 Å². The molecular formula is C13H13N5. The van der Waals surface area contributed by atoms with Gasteiger partial charge in [-0.15, -0.1) is 0 Å². The normalized spacial score (nSPS) is 10.9. The quantitative estimate of drug-likeness (QED) is 0.487. The maximum atomic E-state index is 5.77. The number of aromatic nitrogens is 2. The molecule has 0 saturated carbocycles. The largest absolute Gasteiger partial charge is 0.399 e. The Kier molecular flexibility index (Phi) is 2.13. The molecule has 0 unspecified atom stereocenters. The SMILES string of the molecule is Nc1cc(N)cc(-c2nc3ccc(N)cc3[nH]2)c1. The number of nitrogens with one attached hydrogen (secondary N) is 1. The third-order valence-electron chi connectivity index (χ3n) is 2.76. The summed E-state index contributed by atoms with van der Waals surface area (Å²) in [7, 11) is 0. The average Bonchev–Trinajstić information content (AvgIpc) is 2.70. The molecule has 2 aromatic carbocycles. The molecule has 0 aliphatic carbocycles. The lowest BCUT2D eigenvalue weighted by molar-refractivity contribution is 1.34. The van der Waals surface area contributed by atoms with Gasteiger partial charge in [-0.2, -0.15) is 0 Å². The van der Waals surface area contributed by atoms with Gasteiger partial charge in [0.1, 0.15) is 5.82 Å². The molecule has 0 saturated heterocycles. The predicted molar refractivity (Wildman–Crippen MR) is 74.8 cm³/mol. The van der Waals surface area contributed by atoms with E-state index in [0.29, 0.717) is 17.1 Å². The van der Waals surface area contributed by atoms with Crippen LogP contribution < -0.4 is 17.2 Å². The van der Waals surface area contributed by atoms with Crippen molar-refractivity contribution < 1.29 is 0 Å². The van der Waals surface area contributed by atoms with Crippen LogP contribution >= 0.6 is 0 Å². The van der Waals surface area contributed by atoms with Crippen LogP contribution in [0.3, 0.4) is 0 Å². The monoisotopic (exact) mass is 239 g/mol. The number of hydrogen-bond acceptors (Lipinski definition) is 4. The lowest BCUT2D eigenvalue weighted by Crippen LogP contribution is -1.92. The zero-order chi connectivity index (χ0) is 12.7. The first kappa shape index (κ1) is 10.5. The lowest BCUT2D eigenvalue weighted by atomic mass is 10.1. The summed E-state index contributed by atoms with van der Waals surface area (Å²) in [6.45, 7) is 0. The molecular weight excluding hydrogens is 226 g/mol. The van der Waals surface area contributed by atoms with Crippen LogP contribution in [0.5, 0.6) is 0 Å². The first-order chi connectivity index (χ1) is 8.61. The number of nitrogen functional groups attached to an aromatic ring is 3. The first-order valence-corrected chi connectivity index (χ1v) is 5.53. The summed E-state index contributed by atoms with van der Waals surface area (Å²) in [5.41, 5.74) is 21.8. The van der Waals surface area contributed by atoms with Gasteiger partial charge in [0.05, 0.1) is 11.0 Å². The molecule has 1 heterocycles. The summed E-state index contributed by atoms with van der Waals surface area (Å²) in [6, 6.07) is 10.9. The van der Waals surface area contributed by atoms with Crippen molar-refractivity contribution in [2.45, 2.75) is 0 Å². The van der Waals surface area contributed by atoms with E-state index in [0.717, 1.165) is 22.4 Å². The highest BCUT2D eigenvalue weighted by molar-refractivity contribution is 5.83. The van der Waals surface area contributed by atoms with Crippen molar-refractivity contribution in [2.24, 2.45) is 0 Å². The standard InChI is InChI=1S/C13H13N5/c14-8-1-2-11-12(6-8)18-13(17-11)7-3-9(15)5-10(16)4-7/h1-6H,14-16H2,(H,17,18). The molecule has 0 spiro atoms. The molecule has 5 nitrogen and oxygen atoms in total. The number of fused-ring (bicyclic) bond motifs is 1. The van der Waals surface area contributed by atoms with E-state index in [1.165, 1.54) is 0 Å². The van der Waals surface area contributed by atoms with Gasteiger partial charge in [-0.3, -0.25) is 0 Å². The van der Waals surface area contributed by atoms with E-state index < -0.39 is 0 Å². The molecule has 0 radical (unpaired) electrons. The van der Waals surface area contributed by atoms with Gasteiger partial charge in [-0.05, 0) is 36.4 Å². The predicted octanol–water partition coefficient (Wildman–Crippen LogP) is 1.98. The van der Waals surface area contributed by atoms with Crippen molar-refractivity contribution in [1.82, 2.24) is 9.97 Å².